The van der Waals surface area contributed by atoms with Gasteiger partial charge in [-0.25, -0.2) is 4.79 Å². The van der Waals surface area contributed by atoms with Crippen molar-refractivity contribution in [3.05, 3.63) is 70.3 Å². The molecular weight excluding hydrogens is 284 g/mol. The fraction of sp³-hybridized carbons (Fsp3) is 0.235. The maximum atomic E-state index is 12.3. The number of carboxylic acids is 1. The smallest absolute Gasteiger partial charge is 0.335 e. The van der Waals surface area contributed by atoms with Gasteiger partial charge < -0.3 is 5.11 Å². The molecule has 0 saturated heterocycles. The molecule has 0 fully saturated rings. The third-order valence-electron chi connectivity index (χ3n) is 3.35. The van der Waals surface area contributed by atoms with Crippen LogP contribution in [0.1, 0.15) is 32.6 Å². The van der Waals surface area contributed by atoms with E-state index >= 15 is 0 Å². The van der Waals surface area contributed by atoms with Crippen LogP contribution in [0.25, 0.3) is 0 Å². The maximum absolute atomic E-state index is 12.3. The van der Waals surface area contributed by atoms with E-state index in [2.05, 4.69) is 6.07 Å². The van der Waals surface area contributed by atoms with Gasteiger partial charge >= 0.3 is 5.97 Å². The largest absolute Gasteiger partial charge is 0.478 e. The monoisotopic (exact) mass is 302 g/mol. The Bertz CT molecular complexity index is 675. The minimum Gasteiger partial charge on any atom is -0.478 e. The number of hydrogen-bond donors (Lipinski definition) is 1. The number of hydrogen-bond acceptors (Lipinski definition) is 2. The van der Waals surface area contributed by atoms with E-state index in [0.717, 1.165) is 16.7 Å². The molecule has 1 atom stereocenters. The number of benzene rings is 2. The normalized spacial score (nSPS) is 12.1. The molecule has 21 heavy (non-hydrogen) atoms. The quantitative estimate of drug-likeness (QED) is 0.920. The van der Waals surface area contributed by atoms with Crippen LogP contribution in [-0.2, 0) is 22.3 Å². The Morgan fingerprint density at radius 3 is 2.33 bits per heavy atom. The lowest BCUT2D eigenvalue weighted by Gasteiger charge is -2.07. The Hall–Kier alpha value is -1.94. The Balaban J connectivity index is 2.04. The summed E-state index contributed by atoms with van der Waals surface area (Å²) in [5, 5.41) is 8.85. The summed E-state index contributed by atoms with van der Waals surface area (Å²) in [5.41, 5.74) is 4.56. The molecule has 0 spiro atoms. The van der Waals surface area contributed by atoms with E-state index in [1.54, 1.807) is 24.3 Å². The SMILES string of the molecule is Cc1ccc(C)c(CS(=O)Cc2ccc(C(=O)O)cc2)c1. The van der Waals surface area contributed by atoms with Crippen molar-refractivity contribution in [1.82, 2.24) is 0 Å². The Labute approximate surface area is 127 Å². The molecule has 4 heteroatoms. The first kappa shape index (κ1) is 15.4. The van der Waals surface area contributed by atoms with Gasteiger partial charge in [-0.05, 0) is 42.7 Å². The number of aromatic carboxylic acids is 1. The molecule has 0 aliphatic rings. The van der Waals surface area contributed by atoms with Crippen LogP contribution in [0.5, 0.6) is 0 Å². The van der Waals surface area contributed by atoms with Gasteiger partial charge in [0.1, 0.15) is 0 Å². The Morgan fingerprint density at radius 1 is 1.05 bits per heavy atom. The first-order valence-electron chi connectivity index (χ1n) is 6.69. The lowest BCUT2D eigenvalue weighted by Crippen LogP contribution is -2.02. The summed E-state index contributed by atoms with van der Waals surface area (Å²) in [7, 11) is -1.01. The highest BCUT2D eigenvalue weighted by atomic mass is 32.2. The zero-order valence-electron chi connectivity index (χ0n) is 12.1. The minimum absolute atomic E-state index is 0.249. The summed E-state index contributed by atoms with van der Waals surface area (Å²) in [6.07, 6.45) is 0. The maximum Gasteiger partial charge on any atom is 0.335 e. The minimum atomic E-state index is -1.01. The van der Waals surface area contributed by atoms with E-state index in [1.807, 2.05) is 26.0 Å². The number of aryl methyl sites for hydroxylation is 2. The van der Waals surface area contributed by atoms with Crippen LogP contribution in [0.2, 0.25) is 0 Å². The molecule has 2 aromatic rings. The second-order valence-corrected chi connectivity index (χ2v) is 6.62. The van der Waals surface area contributed by atoms with Crippen LogP contribution in [0.3, 0.4) is 0 Å². The summed E-state index contributed by atoms with van der Waals surface area (Å²) in [4.78, 5) is 10.8. The molecule has 0 heterocycles. The van der Waals surface area contributed by atoms with Gasteiger partial charge in [-0.2, -0.15) is 0 Å². The molecule has 0 bridgehead atoms. The summed E-state index contributed by atoms with van der Waals surface area (Å²) in [6.45, 7) is 4.05. The van der Waals surface area contributed by atoms with Crippen molar-refractivity contribution in [1.29, 1.82) is 0 Å². The Morgan fingerprint density at radius 2 is 1.71 bits per heavy atom. The fourth-order valence-corrected chi connectivity index (χ4v) is 3.43. The zero-order valence-corrected chi connectivity index (χ0v) is 12.9. The molecule has 3 nitrogen and oxygen atoms in total. The van der Waals surface area contributed by atoms with Crippen LogP contribution in [0, 0.1) is 13.8 Å². The predicted molar refractivity (Wildman–Crippen MR) is 84.9 cm³/mol. The second-order valence-electron chi connectivity index (χ2n) is 5.16. The van der Waals surface area contributed by atoms with Crippen molar-refractivity contribution < 1.29 is 14.1 Å². The van der Waals surface area contributed by atoms with Crippen LogP contribution in [0.4, 0.5) is 0 Å². The van der Waals surface area contributed by atoms with E-state index in [0.29, 0.717) is 11.5 Å². The lowest BCUT2D eigenvalue weighted by atomic mass is 10.1. The molecule has 2 aromatic carbocycles. The molecular formula is C17H18O3S. The molecule has 1 unspecified atom stereocenters. The number of carbonyl (C=O) groups is 1. The van der Waals surface area contributed by atoms with Crippen LogP contribution < -0.4 is 0 Å². The van der Waals surface area contributed by atoms with Gasteiger partial charge in [-0.15, -0.1) is 0 Å². The highest BCUT2D eigenvalue weighted by Crippen LogP contribution is 2.15. The molecule has 1 N–H and O–H groups in total. The van der Waals surface area contributed by atoms with Crippen molar-refractivity contribution in [3.8, 4) is 0 Å². The molecule has 2 rings (SSSR count). The lowest BCUT2D eigenvalue weighted by molar-refractivity contribution is 0.0697. The molecule has 0 amide bonds. The van der Waals surface area contributed by atoms with Crippen molar-refractivity contribution in [2.45, 2.75) is 25.4 Å². The van der Waals surface area contributed by atoms with Gasteiger partial charge in [-0.1, -0.05) is 35.9 Å². The average molecular weight is 302 g/mol. The topological polar surface area (TPSA) is 54.4 Å². The predicted octanol–water partition coefficient (Wildman–Crippen LogP) is 3.45. The van der Waals surface area contributed by atoms with Gasteiger partial charge in [0, 0.05) is 22.3 Å². The molecule has 0 aliphatic heterocycles. The summed E-state index contributed by atoms with van der Waals surface area (Å²) in [6, 6.07) is 12.7. The van der Waals surface area contributed by atoms with E-state index in [1.165, 1.54) is 5.56 Å². The fourth-order valence-electron chi connectivity index (χ4n) is 2.11. The van der Waals surface area contributed by atoms with E-state index in [9.17, 15) is 9.00 Å². The summed E-state index contributed by atoms with van der Waals surface area (Å²) >= 11 is 0. The molecule has 0 radical (unpaired) electrons. The van der Waals surface area contributed by atoms with Crippen LogP contribution in [-0.4, -0.2) is 15.3 Å². The van der Waals surface area contributed by atoms with Crippen molar-refractivity contribution in [3.63, 3.8) is 0 Å². The summed E-state index contributed by atoms with van der Waals surface area (Å²) in [5.74, 6) is 0.0136. The standard InChI is InChI=1S/C17H18O3S/c1-12-3-4-13(2)16(9-12)11-21(20)10-14-5-7-15(8-6-14)17(18)19/h3-9H,10-11H2,1-2H3,(H,18,19). The van der Waals surface area contributed by atoms with Gasteiger partial charge in [0.25, 0.3) is 0 Å². The molecule has 0 aromatic heterocycles. The van der Waals surface area contributed by atoms with Crippen LogP contribution >= 0.6 is 0 Å². The van der Waals surface area contributed by atoms with E-state index in [-0.39, 0.29) is 5.56 Å². The van der Waals surface area contributed by atoms with E-state index in [4.69, 9.17) is 5.11 Å². The van der Waals surface area contributed by atoms with Gasteiger partial charge in [0.05, 0.1) is 5.56 Å². The van der Waals surface area contributed by atoms with E-state index < -0.39 is 16.8 Å². The Kier molecular flexibility index (Phi) is 4.91. The van der Waals surface area contributed by atoms with Crippen molar-refractivity contribution >= 4 is 16.8 Å². The number of rotatable bonds is 5. The summed E-state index contributed by atoms with van der Waals surface area (Å²) < 4.78 is 12.3. The van der Waals surface area contributed by atoms with Gasteiger partial charge in [0.15, 0.2) is 0 Å². The van der Waals surface area contributed by atoms with Crippen molar-refractivity contribution in [2.24, 2.45) is 0 Å². The van der Waals surface area contributed by atoms with Crippen molar-refractivity contribution in [2.75, 3.05) is 0 Å². The third-order valence-corrected chi connectivity index (χ3v) is 4.64. The van der Waals surface area contributed by atoms with Crippen LogP contribution in [0.15, 0.2) is 42.5 Å². The first-order valence-corrected chi connectivity index (χ1v) is 8.18. The highest BCUT2D eigenvalue weighted by molar-refractivity contribution is 7.83. The molecule has 0 saturated carbocycles. The molecule has 0 aliphatic carbocycles. The molecule has 110 valence electrons. The third kappa shape index (κ3) is 4.26. The highest BCUT2D eigenvalue weighted by Gasteiger charge is 2.07. The first-order chi connectivity index (χ1) is 9.95. The second kappa shape index (κ2) is 6.68. The van der Waals surface area contributed by atoms with Gasteiger partial charge in [0.2, 0.25) is 0 Å². The average Bonchev–Trinajstić information content (AvgIpc) is 2.43. The van der Waals surface area contributed by atoms with Gasteiger partial charge in [-0.3, -0.25) is 4.21 Å². The number of carboxylic acid groups (broad SMARTS) is 1. The zero-order chi connectivity index (χ0) is 15.4.